The first-order chi connectivity index (χ1) is 7.27. The van der Waals surface area contributed by atoms with Crippen LogP contribution in [0.4, 0.5) is 0 Å². The standard InChI is InChI=1S/C11H12O4/c1-14-10-5-3-9(4-6-10)11(13)15-8-2-7-12/h3-7H,2,8H2,1H3. The van der Waals surface area contributed by atoms with E-state index in [1.807, 2.05) is 0 Å². The van der Waals surface area contributed by atoms with Crippen LogP contribution in [0.1, 0.15) is 16.8 Å². The van der Waals surface area contributed by atoms with Crippen molar-refractivity contribution in [2.45, 2.75) is 6.42 Å². The maximum atomic E-state index is 11.3. The number of carbonyl (C=O) groups excluding carboxylic acids is 2. The molecule has 0 N–H and O–H groups in total. The van der Waals surface area contributed by atoms with Gasteiger partial charge in [0.25, 0.3) is 0 Å². The molecule has 0 fully saturated rings. The van der Waals surface area contributed by atoms with Gasteiger partial charge in [0, 0.05) is 6.42 Å². The molecule has 0 radical (unpaired) electrons. The number of ether oxygens (including phenoxy) is 2. The molecule has 4 heteroatoms. The van der Waals surface area contributed by atoms with Gasteiger partial charge in [0.2, 0.25) is 0 Å². The quantitative estimate of drug-likeness (QED) is 0.417. The molecule has 4 nitrogen and oxygen atoms in total. The van der Waals surface area contributed by atoms with Gasteiger partial charge in [-0.25, -0.2) is 4.79 Å². The van der Waals surface area contributed by atoms with E-state index in [1.54, 1.807) is 31.4 Å². The van der Waals surface area contributed by atoms with E-state index in [-0.39, 0.29) is 13.0 Å². The Morgan fingerprint density at radius 3 is 2.53 bits per heavy atom. The molecule has 0 atom stereocenters. The fraction of sp³-hybridized carbons (Fsp3) is 0.273. The molecular formula is C11H12O4. The van der Waals surface area contributed by atoms with E-state index in [0.717, 1.165) is 0 Å². The first-order valence-electron chi connectivity index (χ1n) is 4.52. The average molecular weight is 208 g/mol. The Hall–Kier alpha value is -1.84. The lowest BCUT2D eigenvalue weighted by molar-refractivity contribution is -0.108. The van der Waals surface area contributed by atoms with Crippen LogP contribution in [-0.2, 0) is 9.53 Å². The lowest BCUT2D eigenvalue weighted by atomic mass is 10.2. The van der Waals surface area contributed by atoms with Crippen LogP contribution in [0.2, 0.25) is 0 Å². The molecule has 1 aromatic rings. The van der Waals surface area contributed by atoms with Gasteiger partial charge >= 0.3 is 5.97 Å². The van der Waals surface area contributed by atoms with Crippen LogP contribution >= 0.6 is 0 Å². The van der Waals surface area contributed by atoms with Gasteiger partial charge in [-0.15, -0.1) is 0 Å². The van der Waals surface area contributed by atoms with Crippen LogP contribution in [0.25, 0.3) is 0 Å². The fourth-order valence-electron chi connectivity index (χ4n) is 1.01. The number of methoxy groups -OCH3 is 1. The van der Waals surface area contributed by atoms with Crippen LogP contribution in [-0.4, -0.2) is 26.0 Å². The molecule has 0 bridgehead atoms. The van der Waals surface area contributed by atoms with Gasteiger partial charge in [-0.2, -0.15) is 0 Å². The van der Waals surface area contributed by atoms with E-state index >= 15 is 0 Å². The van der Waals surface area contributed by atoms with Crippen LogP contribution in [0, 0.1) is 0 Å². The number of rotatable bonds is 5. The second-order valence-electron chi connectivity index (χ2n) is 2.82. The summed E-state index contributed by atoms with van der Waals surface area (Å²) >= 11 is 0. The second kappa shape index (κ2) is 5.80. The third-order valence-corrected chi connectivity index (χ3v) is 1.79. The third-order valence-electron chi connectivity index (χ3n) is 1.79. The number of benzene rings is 1. The van der Waals surface area contributed by atoms with Gasteiger partial charge in [0.15, 0.2) is 0 Å². The molecule has 0 amide bonds. The smallest absolute Gasteiger partial charge is 0.338 e. The summed E-state index contributed by atoms with van der Waals surface area (Å²) in [5.74, 6) is 0.249. The molecule has 0 saturated carbocycles. The maximum Gasteiger partial charge on any atom is 0.338 e. The highest BCUT2D eigenvalue weighted by atomic mass is 16.5. The highest BCUT2D eigenvalue weighted by Crippen LogP contribution is 2.11. The predicted octanol–water partition coefficient (Wildman–Crippen LogP) is 1.44. The Balaban J connectivity index is 2.54. The predicted molar refractivity (Wildman–Crippen MR) is 54.0 cm³/mol. The summed E-state index contributed by atoms with van der Waals surface area (Å²) in [6, 6.07) is 6.58. The van der Waals surface area contributed by atoms with Gasteiger partial charge < -0.3 is 14.3 Å². The van der Waals surface area contributed by atoms with Gasteiger partial charge in [-0.05, 0) is 24.3 Å². The SMILES string of the molecule is COc1ccc(C(=O)OCCC=O)cc1. The van der Waals surface area contributed by atoms with Gasteiger partial charge in [0.1, 0.15) is 12.0 Å². The van der Waals surface area contributed by atoms with Crippen molar-refractivity contribution < 1.29 is 19.1 Å². The third kappa shape index (κ3) is 3.42. The monoisotopic (exact) mass is 208 g/mol. The molecule has 0 heterocycles. The molecular weight excluding hydrogens is 196 g/mol. The van der Waals surface area contributed by atoms with Crippen molar-refractivity contribution in [1.29, 1.82) is 0 Å². The van der Waals surface area contributed by atoms with Crippen LogP contribution in [0.3, 0.4) is 0 Å². The van der Waals surface area contributed by atoms with E-state index < -0.39 is 5.97 Å². The zero-order chi connectivity index (χ0) is 11.1. The maximum absolute atomic E-state index is 11.3. The molecule has 0 saturated heterocycles. The minimum absolute atomic E-state index is 0.119. The van der Waals surface area contributed by atoms with Crippen molar-refractivity contribution in [1.82, 2.24) is 0 Å². The molecule has 1 aromatic carbocycles. The summed E-state index contributed by atoms with van der Waals surface area (Å²) < 4.78 is 9.78. The first-order valence-corrected chi connectivity index (χ1v) is 4.52. The molecule has 0 aliphatic carbocycles. The van der Waals surface area contributed by atoms with Crippen molar-refractivity contribution in [3.05, 3.63) is 29.8 Å². The van der Waals surface area contributed by atoms with E-state index in [2.05, 4.69) is 0 Å². The molecule has 80 valence electrons. The average Bonchev–Trinajstić information content (AvgIpc) is 2.29. The molecule has 0 aliphatic rings. The molecule has 0 aromatic heterocycles. The summed E-state index contributed by atoms with van der Waals surface area (Å²) in [6.45, 7) is 0.119. The van der Waals surface area contributed by atoms with Crippen LogP contribution in [0.5, 0.6) is 5.75 Å². The Bertz CT molecular complexity index is 329. The summed E-state index contributed by atoms with van der Waals surface area (Å²) in [7, 11) is 1.55. The van der Waals surface area contributed by atoms with E-state index in [9.17, 15) is 9.59 Å². The Kier molecular flexibility index (Phi) is 4.34. The molecule has 1 rings (SSSR count). The molecule has 0 aliphatic heterocycles. The van der Waals surface area contributed by atoms with Gasteiger partial charge in [-0.1, -0.05) is 0 Å². The number of esters is 1. The summed E-state index contributed by atoms with van der Waals surface area (Å²) in [5.41, 5.74) is 0.446. The second-order valence-corrected chi connectivity index (χ2v) is 2.82. The lowest BCUT2D eigenvalue weighted by Crippen LogP contribution is -2.06. The number of hydrogen-bond acceptors (Lipinski definition) is 4. The molecule has 0 spiro atoms. The zero-order valence-corrected chi connectivity index (χ0v) is 8.43. The molecule has 0 unspecified atom stereocenters. The lowest BCUT2D eigenvalue weighted by Gasteiger charge is -2.03. The normalized spacial score (nSPS) is 9.40. The summed E-state index contributed by atoms with van der Waals surface area (Å²) in [5, 5.41) is 0. The largest absolute Gasteiger partial charge is 0.497 e. The van der Waals surface area contributed by atoms with Crippen molar-refractivity contribution in [2.24, 2.45) is 0 Å². The highest BCUT2D eigenvalue weighted by Gasteiger charge is 2.06. The van der Waals surface area contributed by atoms with E-state index in [1.165, 1.54) is 0 Å². The fourth-order valence-corrected chi connectivity index (χ4v) is 1.01. The minimum atomic E-state index is -0.431. The number of aldehydes is 1. The first kappa shape index (κ1) is 11.2. The van der Waals surface area contributed by atoms with Gasteiger partial charge in [-0.3, -0.25) is 0 Å². The van der Waals surface area contributed by atoms with Gasteiger partial charge in [0.05, 0.1) is 19.3 Å². The Morgan fingerprint density at radius 2 is 2.00 bits per heavy atom. The zero-order valence-electron chi connectivity index (χ0n) is 8.43. The summed E-state index contributed by atoms with van der Waals surface area (Å²) in [4.78, 5) is 21.3. The van der Waals surface area contributed by atoms with Crippen molar-refractivity contribution >= 4 is 12.3 Å². The highest BCUT2D eigenvalue weighted by molar-refractivity contribution is 5.89. The number of hydrogen-bond donors (Lipinski definition) is 0. The van der Waals surface area contributed by atoms with Crippen molar-refractivity contribution in [3.8, 4) is 5.75 Å². The van der Waals surface area contributed by atoms with Crippen LogP contribution < -0.4 is 4.74 Å². The van der Waals surface area contributed by atoms with E-state index in [4.69, 9.17) is 9.47 Å². The van der Waals surface area contributed by atoms with E-state index in [0.29, 0.717) is 17.6 Å². The Labute approximate surface area is 87.8 Å². The molecule has 15 heavy (non-hydrogen) atoms. The minimum Gasteiger partial charge on any atom is -0.497 e. The van der Waals surface area contributed by atoms with Crippen LogP contribution in [0.15, 0.2) is 24.3 Å². The summed E-state index contributed by atoms with van der Waals surface area (Å²) in [6.07, 6.45) is 0.934. The Morgan fingerprint density at radius 1 is 1.33 bits per heavy atom. The number of carbonyl (C=O) groups is 2. The van der Waals surface area contributed by atoms with Crippen molar-refractivity contribution in [2.75, 3.05) is 13.7 Å². The van der Waals surface area contributed by atoms with Crippen molar-refractivity contribution in [3.63, 3.8) is 0 Å². The topological polar surface area (TPSA) is 52.6 Å².